The number of carbonyl (C=O) groups is 1. The van der Waals surface area contributed by atoms with Gasteiger partial charge in [-0.15, -0.1) is 0 Å². The van der Waals surface area contributed by atoms with Gasteiger partial charge in [0.25, 0.3) is 5.91 Å². The normalized spacial score (nSPS) is 11.8. The van der Waals surface area contributed by atoms with Crippen LogP contribution in [0.5, 0.6) is 0 Å². The highest BCUT2D eigenvalue weighted by molar-refractivity contribution is 5.76. The molecule has 3 aromatic rings. The molecule has 0 aliphatic carbocycles. The number of quaternary nitrogens is 1. The molecule has 138 valence electrons. The predicted octanol–water partition coefficient (Wildman–Crippen LogP) is 3.31. The summed E-state index contributed by atoms with van der Waals surface area (Å²) in [5.41, 5.74) is 4.81. The zero-order valence-electron chi connectivity index (χ0n) is 16.0. The monoisotopic (exact) mass is 359 g/mol. The molecule has 3 rings (SSSR count). The largest absolute Gasteiger partial charge is 0.337 e. The van der Waals surface area contributed by atoms with Crippen molar-refractivity contribution in [2.24, 2.45) is 0 Å². The minimum atomic E-state index is 0.112. The molecular weight excluding hydrogens is 332 g/mol. The van der Waals surface area contributed by atoms with Gasteiger partial charge in [-0.1, -0.05) is 90.5 Å². The standard InChI is InChI=1S/C24H26N2O/c1-19-13-15-22(16-14-19)24(21-11-7-4-8-12-21)25-17-23(27)26(2)18-20-9-5-3-6-10-20/h3-16,24-25H,17-18H2,1-2H3/p+1/t24-/m0/s1. The van der Waals surface area contributed by atoms with Crippen LogP contribution in [-0.2, 0) is 11.3 Å². The summed E-state index contributed by atoms with van der Waals surface area (Å²) >= 11 is 0. The summed E-state index contributed by atoms with van der Waals surface area (Å²) in [4.78, 5) is 14.5. The maximum absolute atomic E-state index is 12.7. The number of carbonyl (C=O) groups excluding carboxylic acids is 1. The van der Waals surface area contributed by atoms with Gasteiger partial charge in [0.2, 0.25) is 0 Å². The van der Waals surface area contributed by atoms with Crippen molar-refractivity contribution in [3.63, 3.8) is 0 Å². The van der Waals surface area contributed by atoms with E-state index in [9.17, 15) is 4.79 Å². The Labute approximate surface area is 161 Å². The Balaban J connectivity index is 1.69. The SMILES string of the molecule is Cc1ccc([C@@H]([NH2+]CC(=O)N(C)Cc2ccccc2)c2ccccc2)cc1. The summed E-state index contributed by atoms with van der Waals surface area (Å²) in [5, 5.41) is 2.13. The predicted molar refractivity (Wildman–Crippen MR) is 109 cm³/mol. The number of hydrogen-bond acceptors (Lipinski definition) is 1. The zero-order valence-corrected chi connectivity index (χ0v) is 16.0. The van der Waals surface area contributed by atoms with Gasteiger partial charge in [-0.2, -0.15) is 0 Å². The summed E-state index contributed by atoms with van der Waals surface area (Å²) < 4.78 is 0. The van der Waals surface area contributed by atoms with Crippen LogP contribution in [0.2, 0.25) is 0 Å². The molecular formula is C24H27N2O+. The third kappa shape index (κ3) is 5.28. The van der Waals surface area contributed by atoms with Gasteiger partial charge in [0, 0.05) is 24.7 Å². The lowest BCUT2D eigenvalue weighted by Crippen LogP contribution is -2.87. The summed E-state index contributed by atoms with van der Waals surface area (Å²) in [7, 11) is 1.87. The van der Waals surface area contributed by atoms with Crippen LogP contribution >= 0.6 is 0 Å². The fraction of sp³-hybridized carbons (Fsp3) is 0.208. The van der Waals surface area contributed by atoms with E-state index in [1.54, 1.807) is 4.90 Å². The maximum atomic E-state index is 12.7. The molecule has 0 bridgehead atoms. The molecule has 2 N–H and O–H groups in total. The minimum absolute atomic E-state index is 0.112. The number of nitrogens with two attached hydrogens (primary N) is 1. The molecule has 3 nitrogen and oxygen atoms in total. The second kappa shape index (κ2) is 9.15. The minimum Gasteiger partial charge on any atom is -0.337 e. The number of nitrogens with zero attached hydrogens (tertiary/aromatic N) is 1. The summed E-state index contributed by atoms with van der Waals surface area (Å²) in [6.07, 6.45) is 0. The number of aryl methyl sites for hydroxylation is 1. The Hall–Kier alpha value is -2.91. The van der Waals surface area contributed by atoms with E-state index in [0.717, 1.165) is 5.56 Å². The third-order valence-corrected chi connectivity index (χ3v) is 4.81. The van der Waals surface area contributed by atoms with Crippen LogP contribution in [0.1, 0.15) is 28.3 Å². The van der Waals surface area contributed by atoms with Crippen molar-refractivity contribution < 1.29 is 10.1 Å². The average molecular weight is 359 g/mol. The Morgan fingerprint density at radius 1 is 0.852 bits per heavy atom. The first-order valence-corrected chi connectivity index (χ1v) is 9.36. The molecule has 3 aromatic carbocycles. The van der Waals surface area contributed by atoms with E-state index in [2.05, 4.69) is 48.6 Å². The summed E-state index contributed by atoms with van der Waals surface area (Å²) in [5.74, 6) is 0.131. The van der Waals surface area contributed by atoms with Gasteiger partial charge in [-0.05, 0) is 12.5 Å². The molecule has 0 saturated carbocycles. The van der Waals surface area contributed by atoms with Crippen LogP contribution in [0.3, 0.4) is 0 Å². The second-order valence-electron chi connectivity index (χ2n) is 6.97. The first-order valence-electron chi connectivity index (χ1n) is 9.36. The van der Waals surface area contributed by atoms with E-state index in [4.69, 9.17) is 0 Å². The molecule has 1 amide bonds. The molecule has 0 unspecified atom stereocenters. The van der Waals surface area contributed by atoms with Crippen molar-refractivity contribution in [2.45, 2.75) is 19.5 Å². The van der Waals surface area contributed by atoms with Crippen LogP contribution in [0, 0.1) is 6.92 Å². The summed E-state index contributed by atoms with van der Waals surface area (Å²) in [6.45, 7) is 3.14. The first-order chi connectivity index (χ1) is 13.1. The van der Waals surface area contributed by atoms with E-state index in [1.165, 1.54) is 16.7 Å². The number of amides is 1. The first kappa shape index (κ1) is 18.9. The molecule has 0 heterocycles. The molecule has 0 saturated heterocycles. The van der Waals surface area contributed by atoms with E-state index >= 15 is 0 Å². The van der Waals surface area contributed by atoms with Crippen LogP contribution in [0.25, 0.3) is 0 Å². The van der Waals surface area contributed by atoms with Crippen molar-refractivity contribution in [3.8, 4) is 0 Å². The van der Waals surface area contributed by atoms with Gasteiger partial charge in [0.1, 0.15) is 6.04 Å². The molecule has 0 fully saturated rings. The molecule has 27 heavy (non-hydrogen) atoms. The van der Waals surface area contributed by atoms with Gasteiger partial charge in [0.15, 0.2) is 6.54 Å². The molecule has 0 radical (unpaired) electrons. The highest BCUT2D eigenvalue weighted by atomic mass is 16.2. The Kier molecular flexibility index (Phi) is 6.39. The molecule has 0 aromatic heterocycles. The molecule has 0 aliphatic heterocycles. The highest BCUT2D eigenvalue weighted by Crippen LogP contribution is 2.18. The van der Waals surface area contributed by atoms with Crippen molar-refractivity contribution in [2.75, 3.05) is 13.6 Å². The molecule has 1 atom stereocenters. The maximum Gasteiger partial charge on any atom is 0.277 e. The van der Waals surface area contributed by atoms with Crippen LogP contribution < -0.4 is 5.32 Å². The van der Waals surface area contributed by atoms with Gasteiger partial charge < -0.3 is 10.2 Å². The Bertz CT molecular complexity index is 845. The third-order valence-electron chi connectivity index (χ3n) is 4.81. The highest BCUT2D eigenvalue weighted by Gasteiger charge is 2.20. The topological polar surface area (TPSA) is 36.9 Å². The van der Waals surface area contributed by atoms with E-state index < -0.39 is 0 Å². The quantitative estimate of drug-likeness (QED) is 0.690. The summed E-state index contributed by atoms with van der Waals surface area (Å²) in [6, 6.07) is 29.1. The van der Waals surface area contributed by atoms with Gasteiger partial charge >= 0.3 is 0 Å². The van der Waals surface area contributed by atoms with Crippen LogP contribution in [-0.4, -0.2) is 24.4 Å². The second-order valence-corrected chi connectivity index (χ2v) is 6.97. The number of hydrogen-bond donors (Lipinski definition) is 1. The Morgan fingerprint density at radius 2 is 1.41 bits per heavy atom. The number of likely N-dealkylation sites (N-methyl/N-ethyl adjacent to an activating group) is 1. The lowest BCUT2D eigenvalue weighted by molar-refractivity contribution is -0.677. The average Bonchev–Trinajstić information content (AvgIpc) is 2.71. The van der Waals surface area contributed by atoms with Crippen molar-refractivity contribution in [3.05, 3.63) is 107 Å². The zero-order chi connectivity index (χ0) is 19.1. The van der Waals surface area contributed by atoms with E-state index in [0.29, 0.717) is 13.1 Å². The van der Waals surface area contributed by atoms with Crippen molar-refractivity contribution in [1.29, 1.82) is 0 Å². The lowest BCUT2D eigenvalue weighted by atomic mass is 9.98. The van der Waals surface area contributed by atoms with Gasteiger partial charge in [0.05, 0.1) is 0 Å². The van der Waals surface area contributed by atoms with E-state index in [1.807, 2.05) is 55.6 Å². The van der Waals surface area contributed by atoms with Gasteiger partial charge in [-0.25, -0.2) is 0 Å². The Morgan fingerprint density at radius 3 is 2.04 bits per heavy atom. The van der Waals surface area contributed by atoms with Crippen LogP contribution in [0.15, 0.2) is 84.9 Å². The number of rotatable bonds is 7. The van der Waals surface area contributed by atoms with Crippen LogP contribution in [0.4, 0.5) is 0 Å². The molecule has 0 spiro atoms. The molecule has 3 heteroatoms. The fourth-order valence-electron chi connectivity index (χ4n) is 3.22. The molecule has 0 aliphatic rings. The van der Waals surface area contributed by atoms with E-state index in [-0.39, 0.29) is 11.9 Å². The van der Waals surface area contributed by atoms with Crippen molar-refractivity contribution in [1.82, 2.24) is 4.90 Å². The smallest absolute Gasteiger partial charge is 0.277 e. The van der Waals surface area contributed by atoms with Crippen molar-refractivity contribution >= 4 is 5.91 Å². The number of benzene rings is 3. The lowest BCUT2D eigenvalue weighted by Gasteiger charge is -2.20. The fourth-order valence-corrected chi connectivity index (χ4v) is 3.22. The van der Waals surface area contributed by atoms with Gasteiger partial charge in [-0.3, -0.25) is 4.79 Å².